The number of methoxy groups -OCH3 is 1. The average Bonchev–Trinajstić information content (AvgIpc) is 3.26. The molecule has 2 saturated carbocycles. The van der Waals surface area contributed by atoms with Crippen molar-refractivity contribution >= 4 is 29.2 Å². The number of hydrogen-bond donors (Lipinski definition) is 0. The summed E-state index contributed by atoms with van der Waals surface area (Å²) in [6, 6.07) is 5.37. The van der Waals surface area contributed by atoms with E-state index in [1.54, 1.807) is 0 Å². The zero-order valence-electron chi connectivity index (χ0n) is 13.5. The van der Waals surface area contributed by atoms with Crippen LogP contribution >= 0.6 is 0 Å². The lowest BCUT2D eigenvalue weighted by molar-refractivity contribution is -0.384. The second kappa shape index (κ2) is 5.37. The van der Waals surface area contributed by atoms with Crippen molar-refractivity contribution in [1.29, 1.82) is 0 Å². The molecule has 1 saturated heterocycles. The first-order chi connectivity index (χ1) is 11.9. The number of amides is 2. The Morgan fingerprint density at radius 3 is 2.40 bits per heavy atom. The molecule has 3 aliphatic rings. The predicted octanol–water partition coefficient (Wildman–Crippen LogP) is 1.53. The van der Waals surface area contributed by atoms with Crippen LogP contribution in [0.3, 0.4) is 0 Å². The summed E-state index contributed by atoms with van der Waals surface area (Å²) in [4.78, 5) is 49.0. The van der Waals surface area contributed by atoms with Crippen LogP contribution in [0.1, 0.15) is 12.8 Å². The van der Waals surface area contributed by atoms with Crippen LogP contribution in [-0.2, 0) is 19.1 Å². The van der Waals surface area contributed by atoms with E-state index < -0.39 is 16.8 Å². The summed E-state index contributed by atoms with van der Waals surface area (Å²) in [5.74, 6) is -2.27. The first-order valence-corrected chi connectivity index (χ1v) is 8.14. The fourth-order valence-corrected chi connectivity index (χ4v) is 4.86. The van der Waals surface area contributed by atoms with Gasteiger partial charge in [0.05, 0.1) is 35.5 Å². The number of imide groups is 1. The van der Waals surface area contributed by atoms with E-state index in [0.29, 0.717) is 18.5 Å². The van der Waals surface area contributed by atoms with Crippen molar-refractivity contribution < 1.29 is 24.0 Å². The molecule has 2 aliphatic carbocycles. The number of nitrogens with zero attached hydrogens (tertiary/aromatic N) is 2. The van der Waals surface area contributed by atoms with Crippen LogP contribution in [0.4, 0.5) is 11.4 Å². The third kappa shape index (κ3) is 2.09. The SMILES string of the molecule is COC(=O)C1CC2CC1C1C(=O)N(c3ccc([N+](=O)[O-])cc3)C(=O)C21. The summed E-state index contributed by atoms with van der Waals surface area (Å²) >= 11 is 0. The van der Waals surface area contributed by atoms with Gasteiger partial charge in [-0.25, -0.2) is 0 Å². The van der Waals surface area contributed by atoms with Crippen LogP contribution in [0.5, 0.6) is 0 Å². The summed E-state index contributed by atoms with van der Waals surface area (Å²) in [6.07, 6.45) is 1.27. The minimum Gasteiger partial charge on any atom is -0.469 e. The van der Waals surface area contributed by atoms with E-state index in [-0.39, 0.29) is 41.2 Å². The van der Waals surface area contributed by atoms with Crippen molar-refractivity contribution in [2.45, 2.75) is 12.8 Å². The molecular weight excluding hydrogens is 328 g/mol. The molecular formula is C17H16N2O6. The molecule has 25 heavy (non-hydrogen) atoms. The molecule has 4 rings (SSSR count). The van der Waals surface area contributed by atoms with Gasteiger partial charge in [0.15, 0.2) is 0 Å². The maximum Gasteiger partial charge on any atom is 0.308 e. The molecule has 0 spiro atoms. The molecule has 3 fully saturated rings. The van der Waals surface area contributed by atoms with Crippen molar-refractivity contribution in [3.63, 3.8) is 0 Å². The lowest BCUT2D eigenvalue weighted by Crippen LogP contribution is -2.35. The zero-order valence-corrected chi connectivity index (χ0v) is 13.5. The quantitative estimate of drug-likeness (QED) is 0.356. The van der Waals surface area contributed by atoms with E-state index in [0.717, 1.165) is 4.90 Å². The highest BCUT2D eigenvalue weighted by Crippen LogP contribution is 2.59. The standard InChI is InChI=1S/C17H16N2O6/c1-25-17(22)12-7-8-6-11(12)14-13(8)15(20)18(16(14)21)9-2-4-10(5-3-9)19(23)24/h2-5,8,11-14H,6-7H2,1H3. The highest BCUT2D eigenvalue weighted by Gasteiger charge is 2.65. The molecule has 8 nitrogen and oxygen atoms in total. The van der Waals surface area contributed by atoms with E-state index in [1.165, 1.54) is 31.4 Å². The van der Waals surface area contributed by atoms with Gasteiger partial charge in [-0.05, 0) is 36.8 Å². The minimum atomic E-state index is -0.534. The lowest BCUT2D eigenvalue weighted by atomic mass is 9.75. The fourth-order valence-electron chi connectivity index (χ4n) is 4.86. The van der Waals surface area contributed by atoms with Gasteiger partial charge in [0.2, 0.25) is 11.8 Å². The van der Waals surface area contributed by atoms with E-state index in [2.05, 4.69) is 0 Å². The number of hydrogen-bond acceptors (Lipinski definition) is 6. The topological polar surface area (TPSA) is 107 Å². The van der Waals surface area contributed by atoms with Gasteiger partial charge >= 0.3 is 5.97 Å². The molecule has 5 unspecified atom stereocenters. The molecule has 2 bridgehead atoms. The average molecular weight is 344 g/mol. The maximum absolute atomic E-state index is 12.9. The molecule has 1 aliphatic heterocycles. The van der Waals surface area contributed by atoms with Crippen LogP contribution in [0.25, 0.3) is 0 Å². The molecule has 1 heterocycles. The summed E-state index contributed by atoms with van der Waals surface area (Å²) in [6.45, 7) is 0. The number of anilines is 1. The van der Waals surface area contributed by atoms with Crippen molar-refractivity contribution in [3.8, 4) is 0 Å². The Balaban J connectivity index is 1.64. The smallest absolute Gasteiger partial charge is 0.308 e. The number of carbonyl (C=O) groups excluding carboxylic acids is 3. The molecule has 1 aromatic rings. The number of nitro groups is 1. The Morgan fingerprint density at radius 1 is 1.16 bits per heavy atom. The first kappa shape index (κ1) is 15.7. The Hall–Kier alpha value is -2.77. The van der Waals surface area contributed by atoms with Gasteiger partial charge in [-0.15, -0.1) is 0 Å². The fraction of sp³-hybridized carbons (Fsp3) is 0.471. The molecule has 2 amide bonds. The second-order valence-corrected chi connectivity index (χ2v) is 6.86. The monoisotopic (exact) mass is 344 g/mol. The molecule has 0 N–H and O–H groups in total. The number of non-ortho nitro benzene ring substituents is 1. The number of esters is 1. The molecule has 5 atom stereocenters. The summed E-state index contributed by atoms with van der Waals surface area (Å²) in [5.41, 5.74) is 0.234. The Kier molecular flexibility index (Phi) is 3.38. The first-order valence-electron chi connectivity index (χ1n) is 8.14. The number of carbonyl (C=O) groups is 3. The van der Waals surface area contributed by atoms with Crippen molar-refractivity contribution in [2.75, 3.05) is 12.0 Å². The van der Waals surface area contributed by atoms with E-state index in [1.807, 2.05) is 0 Å². The van der Waals surface area contributed by atoms with Gasteiger partial charge in [0.25, 0.3) is 5.69 Å². The summed E-state index contributed by atoms with van der Waals surface area (Å²) in [7, 11) is 1.33. The number of nitro benzene ring substituents is 1. The van der Waals surface area contributed by atoms with Gasteiger partial charge in [-0.3, -0.25) is 29.4 Å². The molecule has 0 aromatic heterocycles. The zero-order chi connectivity index (χ0) is 17.9. The number of ether oxygens (including phenoxy) is 1. The van der Waals surface area contributed by atoms with Gasteiger partial charge in [-0.2, -0.15) is 0 Å². The molecule has 0 radical (unpaired) electrons. The van der Waals surface area contributed by atoms with Crippen molar-refractivity contribution in [3.05, 3.63) is 34.4 Å². The summed E-state index contributed by atoms with van der Waals surface area (Å²) < 4.78 is 4.83. The number of benzene rings is 1. The van der Waals surface area contributed by atoms with Gasteiger partial charge in [0, 0.05) is 12.1 Å². The normalized spacial score (nSPS) is 32.8. The third-order valence-electron chi connectivity index (χ3n) is 5.84. The van der Waals surface area contributed by atoms with Crippen LogP contribution in [0, 0.1) is 39.7 Å². The van der Waals surface area contributed by atoms with Gasteiger partial charge in [-0.1, -0.05) is 0 Å². The lowest BCUT2D eigenvalue weighted by Gasteiger charge is -2.26. The minimum absolute atomic E-state index is 0.0126. The second-order valence-electron chi connectivity index (χ2n) is 6.86. The predicted molar refractivity (Wildman–Crippen MR) is 84.3 cm³/mol. The highest BCUT2D eigenvalue weighted by molar-refractivity contribution is 6.22. The van der Waals surface area contributed by atoms with E-state index in [9.17, 15) is 24.5 Å². The Morgan fingerprint density at radius 2 is 1.80 bits per heavy atom. The van der Waals surface area contributed by atoms with Gasteiger partial charge < -0.3 is 4.74 Å². The van der Waals surface area contributed by atoms with Crippen molar-refractivity contribution in [2.24, 2.45) is 29.6 Å². The maximum atomic E-state index is 12.9. The third-order valence-corrected chi connectivity index (χ3v) is 5.84. The van der Waals surface area contributed by atoms with Crippen LogP contribution < -0.4 is 4.90 Å². The molecule has 8 heteroatoms. The largest absolute Gasteiger partial charge is 0.469 e. The van der Waals surface area contributed by atoms with Crippen LogP contribution in [0.2, 0.25) is 0 Å². The Bertz CT molecular complexity index is 789. The molecule has 1 aromatic carbocycles. The van der Waals surface area contributed by atoms with Crippen LogP contribution in [0.15, 0.2) is 24.3 Å². The molecule has 130 valence electrons. The van der Waals surface area contributed by atoms with Gasteiger partial charge in [0.1, 0.15) is 0 Å². The number of rotatable bonds is 3. The van der Waals surface area contributed by atoms with E-state index >= 15 is 0 Å². The number of fused-ring (bicyclic) bond motifs is 5. The van der Waals surface area contributed by atoms with Crippen molar-refractivity contribution in [1.82, 2.24) is 0 Å². The summed E-state index contributed by atoms with van der Waals surface area (Å²) in [5, 5.41) is 10.8. The van der Waals surface area contributed by atoms with Crippen LogP contribution in [-0.4, -0.2) is 29.8 Å². The highest BCUT2D eigenvalue weighted by atomic mass is 16.6. The Labute approximate surface area is 142 Å². The van der Waals surface area contributed by atoms with E-state index in [4.69, 9.17) is 4.74 Å².